The SMILES string of the molecule is CCOC(=O)/C(C#N)=C(O)/C(=C\c1ccccc1)NC(=O)c1ccccc1. The molecule has 2 N–H and O–H groups in total. The van der Waals surface area contributed by atoms with E-state index >= 15 is 0 Å². The van der Waals surface area contributed by atoms with Crippen LogP contribution in [0, 0.1) is 11.3 Å². The van der Waals surface area contributed by atoms with Gasteiger partial charge >= 0.3 is 5.97 Å². The Bertz CT molecular complexity index is 910. The molecule has 0 fully saturated rings. The smallest absolute Gasteiger partial charge is 0.352 e. The average molecular weight is 362 g/mol. The van der Waals surface area contributed by atoms with Gasteiger partial charge in [0, 0.05) is 5.56 Å². The van der Waals surface area contributed by atoms with Crippen molar-refractivity contribution < 1.29 is 19.4 Å². The summed E-state index contributed by atoms with van der Waals surface area (Å²) in [5.74, 6) is -2.13. The van der Waals surface area contributed by atoms with Crippen LogP contribution in [0.4, 0.5) is 0 Å². The molecule has 0 spiro atoms. The highest BCUT2D eigenvalue weighted by molar-refractivity contribution is 5.98. The van der Waals surface area contributed by atoms with Crippen molar-refractivity contribution in [2.45, 2.75) is 6.92 Å². The number of nitriles is 1. The van der Waals surface area contributed by atoms with Crippen LogP contribution in [0.1, 0.15) is 22.8 Å². The maximum atomic E-state index is 12.5. The highest BCUT2D eigenvalue weighted by atomic mass is 16.5. The standard InChI is InChI=1S/C21H18N2O4/c1-2-27-21(26)17(14-22)19(24)18(13-15-9-5-3-6-10-15)23-20(25)16-11-7-4-8-12-16/h3-13,24H,2H2,1H3,(H,23,25)/b18-13+,19-17-. The summed E-state index contributed by atoms with van der Waals surface area (Å²) in [6.07, 6.45) is 1.47. The van der Waals surface area contributed by atoms with Crippen molar-refractivity contribution in [2.24, 2.45) is 0 Å². The Labute approximate surface area is 157 Å². The summed E-state index contributed by atoms with van der Waals surface area (Å²) >= 11 is 0. The number of aliphatic hydroxyl groups excluding tert-OH is 1. The van der Waals surface area contributed by atoms with Crippen LogP contribution in [0.15, 0.2) is 77.7 Å². The molecule has 2 rings (SSSR count). The van der Waals surface area contributed by atoms with Gasteiger partial charge in [0.05, 0.1) is 12.3 Å². The number of rotatable bonds is 6. The van der Waals surface area contributed by atoms with Crippen LogP contribution < -0.4 is 5.32 Å². The molecule has 0 aliphatic carbocycles. The summed E-state index contributed by atoms with van der Waals surface area (Å²) in [6.45, 7) is 1.63. The third kappa shape index (κ3) is 5.31. The Kier molecular flexibility index (Phi) is 6.91. The molecule has 27 heavy (non-hydrogen) atoms. The molecule has 0 saturated heterocycles. The predicted octanol–water partition coefficient (Wildman–Crippen LogP) is 3.36. The lowest BCUT2D eigenvalue weighted by Gasteiger charge is -2.11. The normalized spacial score (nSPS) is 11.8. The van der Waals surface area contributed by atoms with Gasteiger partial charge in [0.1, 0.15) is 6.07 Å². The second-order valence-electron chi connectivity index (χ2n) is 5.34. The quantitative estimate of drug-likeness (QED) is 0.270. The van der Waals surface area contributed by atoms with Crippen LogP contribution in [0.5, 0.6) is 0 Å². The first kappa shape index (κ1) is 19.5. The monoisotopic (exact) mass is 362 g/mol. The van der Waals surface area contributed by atoms with E-state index in [1.165, 1.54) is 6.08 Å². The van der Waals surface area contributed by atoms with Gasteiger partial charge < -0.3 is 15.2 Å². The number of nitrogens with one attached hydrogen (secondary N) is 1. The van der Waals surface area contributed by atoms with E-state index in [0.29, 0.717) is 11.1 Å². The molecule has 0 saturated carbocycles. The Morgan fingerprint density at radius 2 is 1.70 bits per heavy atom. The second-order valence-corrected chi connectivity index (χ2v) is 5.34. The molecule has 0 aliphatic heterocycles. The van der Waals surface area contributed by atoms with Crippen LogP contribution in [-0.2, 0) is 9.53 Å². The van der Waals surface area contributed by atoms with Crippen molar-refractivity contribution in [3.05, 3.63) is 88.8 Å². The van der Waals surface area contributed by atoms with Gasteiger partial charge in [-0.15, -0.1) is 0 Å². The van der Waals surface area contributed by atoms with Crippen molar-refractivity contribution in [3.8, 4) is 6.07 Å². The zero-order valence-electron chi connectivity index (χ0n) is 14.7. The molecule has 0 aliphatic rings. The minimum atomic E-state index is -0.967. The fourth-order valence-electron chi connectivity index (χ4n) is 2.20. The van der Waals surface area contributed by atoms with Crippen LogP contribution in [0.25, 0.3) is 6.08 Å². The first-order valence-corrected chi connectivity index (χ1v) is 8.20. The molecule has 0 atom stereocenters. The lowest BCUT2D eigenvalue weighted by molar-refractivity contribution is -0.138. The third-order valence-electron chi connectivity index (χ3n) is 3.48. The minimum absolute atomic E-state index is 0.0470. The molecule has 0 radical (unpaired) electrons. The summed E-state index contributed by atoms with van der Waals surface area (Å²) in [6, 6.07) is 18.9. The first-order chi connectivity index (χ1) is 13.1. The van der Waals surface area contributed by atoms with Crippen molar-refractivity contribution in [1.82, 2.24) is 5.32 Å². The highest BCUT2D eigenvalue weighted by Gasteiger charge is 2.21. The molecule has 6 heteroatoms. The van der Waals surface area contributed by atoms with Gasteiger partial charge in [0.25, 0.3) is 5.91 Å². The first-order valence-electron chi connectivity index (χ1n) is 8.20. The topological polar surface area (TPSA) is 99.4 Å². The number of hydrogen-bond donors (Lipinski definition) is 2. The number of benzene rings is 2. The van der Waals surface area contributed by atoms with Gasteiger partial charge in [-0.3, -0.25) is 4.79 Å². The van der Waals surface area contributed by atoms with Gasteiger partial charge in [0.15, 0.2) is 11.3 Å². The van der Waals surface area contributed by atoms with E-state index in [1.54, 1.807) is 67.6 Å². The second kappa shape index (κ2) is 9.59. The van der Waals surface area contributed by atoms with Crippen molar-refractivity contribution in [3.63, 3.8) is 0 Å². The van der Waals surface area contributed by atoms with Crippen LogP contribution in [-0.4, -0.2) is 23.6 Å². The fraction of sp³-hybridized carbons (Fsp3) is 0.0952. The van der Waals surface area contributed by atoms with E-state index in [4.69, 9.17) is 4.74 Å². The Morgan fingerprint density at radius 3 is 2.26 bits per heavy atom. The van der Waals surface area contributed by atoms with Crippen LogP contribution >= 0.6 is 0 Å². The molecule has 0 unspecified atom stereocenters. The number of carbonyl (C=O) groups excluding carboxylic acids is 2. The number of amides is 1. The van der Waals surface area contributed by atoms with Crippen molar-refractivity contribution >= 4 is 18.0 Å². The highest BCUT2D eigenvalue weighted by Crippen LogP contribution is 2.16. The fourth-order valence-corrected chi connectivity index (χ4v) is 2.20. The van der Waals surface area contributed by atoms with Gasteiger partial charge in [0.2, 0.25) is 0 Å². The number of esters is 1. The van der Waals surface area contributed by atoms with E-state index in [1.807, 2.05) is 6.07 Å². The lowest BCUT2D eigenvalue weighted by atomic mass is 10.1. The number of aliphatic hydroxyl groups is 1. The molecule has 0 aromatic heterocycles. The number of hydrogen-bond acceptors (Lipinski definition) is 5. The van der Waals surface area contributed by atoms with Gasteiger partial charge in [-0.2, -0.15) is 5.26 Å². The van der Waals surface area contributed by atoms with E-state index in [2.05, 4.69) is 5.32 Å². The Morgan fingerprint density at radius 1 is 1.11 bits per heavy atom. The molecule has 2 aromatic rings. The molecular formula is C21H18N2O4. The summed E-state index contributed by atoms with van der Waals surface area (Å²) in [4.78, 5) is 24.4. The molecule has 1 amide bonds. The third-order valence-corrected chi connectivity index (χ3v) is 3.48. The molecule has 2 aromatic carbocycles. The van der Waals surface area contributed by atoms with E-state index in [-0.39, 0.29) is 12.3 Å². The maximum absolute atomic E-state index is 12.5. The number of ether oxygens (including phenoxy) is 1. The summed E-state index contributed by atoms with van der Waals surface area (Å²) in [5, 5.41) is 22.3. The zero-order chi connectivity index (χ0) is 19.6. The Hall–Kier alpha value is -3.85. The molecular weight excluding hydrogens is 344 g/mol. The molecule has 0 heterocycles. The number of nitrogens with zero attached hydrogens (tertiary/aromatic N) is 1. The summed E-state index contributed by atoms with van der Waals surface area (Å²) in [5.41, 5.74) is 0.347. The van der Waals surface area contributed by atoms with Crippen LogP contribution in [0.2, 0.25) is 0 Å². The van der Waals surface area contributed by atoms with E-state index in [9.17, 15) is 20.0 Å². The van der Waals surface area contributed by atoms with Crippen molar-refractivity contribution in [1.29, 1.82) is 5.26 Å². The summed E-state index contributed by atoms with van der Waals surface area (Å²) in [7, 11) is 0. The van der Waals surface area contributed by atoms with Gasteiger partial charge in [-0.05, 0) is 30.7 Å². The lowest BCUT2D eigenvalue weighted by Crippen LogP contribution is -2.25. The largest absolute Gasteiger partial charge is 0.504 e. The van der Waals surface area contributed by atoms with Gasteiger partial charge in [-0.1, -0.05) is 48.5 Å². The van der Waals surface area contributed by atoms with E-state index < -0.39 is 23.2 Å². The molecule has 136 valence electrons. The van der Waals surface area contributed by atoms with E-state index in [0.717, 1.165) is 0 Å². The van der Waals surface area contributed by atoms with Crippen molar-refractivity contribution in [2.75, 3.05) is 6.61 Å². The Balaban J connectivity index is 2.47. The molecule has 6 nitrogen and oxygen atoms in total. The van der Waals surface area contributed by atoms with Gasteiger partial charge in [-0.25, -0.2) is 4.79 Å². The zero-order valence-corrected chi connectivity index (χ0v) is 14.7. The predicted molar refractivity (Wildman–Crippen MR) is 100 cm³/mol. The number of carbonyl (C=O) groups is 2. The summed E-state index contributed by atoms with van der Waals surface area (Å²) < 4.78 is 4.79. The molecule has 0 bridgehead atoms. The van der Waals surface area contributed by atoms with Crippen LogP contribution in [0.3, 0.4) is 0 Å². The maximum Gasteiger partial charge on any atom is 0.352 e. The average Bonchev–Trinajstić information content (AvgIpc) is 2.69. The minimum Gasteiger partial charge on any atom is -0.504 e.